The van der Waals surface area contributed by atoms with Crippen LogP contribution in [0, 0.1) is 6.92 Å². The van der Waals surface area contributed by atoms with Crippen molar-refractivity contribution in [1.82, 2.24) is 25.0 Å². The number of fused-ring (bicyclic) bond motifs is 1. The Labute approximate surface area is 213 Å². The Hall–Kier alpha value is -2.04. The fraction of sp³-hybridized carbons (Fsp3) is 0.615. The molecule has 2 fully saturated rings. The number of hydrogen-bond acceptors (Lipinski definition) is 6. The molecule has 0 aliphatic carbocycles. The van der Waals surface area contributed by atoms with Crippen molar-refractivity contribution in [1.29, 1.82) is 0 Å². The molecule has 2 aliphatic heterocycles. The van der Waals surface area contributed by atoms with Crippen LogP contribution in [0.25, 0.3) is 10.9 Å². The van der Waals surface area contributed by atoms with Gasteiger partial charge in [0.05, 0.1) is 33.0 Å². The van der Waals surface area contributed by atoms with E-state index in [0.29, 0.717) is 6.54 Å². The van der Waals surface area contributed by atoms with E-state index in [1.165, 1.54) is 0 Å². The van der Waals surface area contributed by atoms with Crippen molar-refractivity contribution in [2.75, 3.05) is 78.8 Å². The van der Waals surface area contributed by atoms with Crippen molar-refractivity contribution in [2.24, 2.45) is 0 Å². The van der Waals surface area contributed by atoms with Crippen molar-refractivity contribution in [3.8, 4) is 0 Å². The van der Waals surface area contributed by atoms with Gasteiger partial charge in [-0.25, -0.2) is 0 Å². The summed E-state index contributed by atoms with van der Waals surface area (Å²) in [6, 6.07) is 8.16. The number of hydrogen-bond donors (Lipinski definition) is 2. The number of nitrogens with one attached hydrogen (secondary N) is 2. The van der Waals surface area contributed by atoms with Gasteiger partial charge in [-0.1, -0.05) is 12.1 Å². The van der Waals surface area contributed by atoms with Gasteiger partial charge in [0.25, 0.3) is 5.56 Å². The third kappa shape index (κ3) is 7.98. The fourth-order valence-corrected chi connectivity index (χ4v) is 4.94. The molecule has 0 bridgehead atoms. The second-order valence-electron chi connectivity index (χ2n) is 9.48. The Morgan fingerprint density at radius 3 is 2.37 bits per heavy atom. The Morgan fingerprint density at radius 1 is 1.03 bits per heavy atom. The number of aromatic nitrogens is 1. The van der Waals surface area contributed by atoms with Gasteiger partial charge in [0.1, 0.15) is 0 Å². The van der Waals surface area contributed by atoms with Crippen LogP contribution in [0.4, 0.5) is 0 Å². The largest absolute Gasteiger partial charge is 0.379 e. The minimum Gasteiger partial charge on any atom is -0.379 e. The van der Waals surface area contributed by atoms with Crippen molar-refractivity contribution in [3.05, 3.63) is 45.7 Å². The molecule has 2 aromatic rings. The van der Waals surface area contributed by atoms with Gasteiger partial charge in [0.2, 0.25) is 0 Å². The third-order valence-electron chi connectivity index (χ3n) is 6.76. The Morgan fingerprint density at radius 2 is 1.69 bits per heavy atom. The maximum atomic E-state index is 12.9. The molecule has 0 atom stereocenters. The number of nitrogens with zero attached hydrogens (tertiary/aromatic N) is 3. The standard InChI is InChI=1S/C26H39N5O3S/c1-21-4-5-22-19-23(25(32)28-24(22)18-21)20-31(9-3-8-30-12-16-34-17-13-30)26(35)27-6-2-7-29-10-14-33-15-11-29/h4-5,18-19H,2-3,6-17,20H2,1H3,(H,27,35)(H,28,32). The number of ether oxygens (including phenoxy) is 2. The van der Waals surface area contributed by atoms with E-state index in [0.717, 1.165) is 119 Å². The minimum absolute atomic E-state index is 0.0450. The van der Waals surface area contributed by atoms with Crippen LogP contribution in [0.3, 0.4) is 0 Å². The van der Waals surface area contributed by atoms with Crippen molar-refractivity contribution in [3.63, 3.8) is 0 Å². The van der Waals surface area contributed by atoms with E-state index in [2.05, 4.69) is 37.1 Å². The van der Waals surface area contributed by atoms with Gasteiger partial charge in [-0.2, -0.15) is 0 Å². The Balaban J connectivity index is 1.36. The molecule has 3 heterocycles. The van der Waals surface area contributed by atoms with Crippen LogP contribution in [0.5, 0.6) is 0 Å². The highest BCUT2D eigenvalue weighted by molar-refractivity contribution is 7.80. The minimum atomic E-state index is -0.0450. The van der Waals surface area contributed by atoms with Crippen LogP contribution in [0.1, 0.15) is 24.0 Å². The van der Waals surface area contributed by atoms with E-state index in [1.54, 1.807) is 0 Å². The Kier molecular flexibility index (Phi) is 9.91. The monoisotopic (exact) mass is 501 g/mol. The lowest BCUT2D eigenvalue weighted by Crippen LogP contribution is -2.43. The number of aromatic amines is 1. The number of rotatable bonds is 10. The van der Waals surface area contributed by atoms with Gasteiger partial charge in [-0.15, -0.1) is 0 Å². The highest BCUT2D eigenvalue weighted by atomic mass is 32.1. The summed E-state index contributed by atoms with van der Waals surface area (Å²) in [6.45, 7) is 13.4. The van der Waals surface area contributed by atoms with E-state index in [9.17, 15) is 4.79 Å². The molecule has 35 heavy (non-hydrogen) atoms. The molecule has 2 saturated heterocycles. The summed E-state index contributed by atoms with van der Waals surface area (Å²) >= 11 is 5.81. The summed E-state index contributed by atoms with van der Waals surface area (Å²) in [5.41, 5.74) is 2.70. The van der Waals surface area contributed by atoms with E-state index >= 15 is 0 Å². The predicted octanol–water partition coefficient (Wildman–Crippen LogP) is 1.96. The number of pyridine rings is 1. The molecular weight excluding hydrogens is 462 g/mol. The summed E-state index contributed by atoms with van der Waals surface area (Å²) < 4.78 is 10.9. The number of thiocarbonyl (C=S) groups is 1. The molecule has 1 aromatic heterocycles. The topological polar surface area (TPSA) is 73.1 Å². The zero-order valence-corrected chi connectivity index (χ0v) is 21.7. The maximum absolute atomic E-state index is 12.9. The zero-order valence-electron chi connectivity index (χ0n) is 20.9. The molecule has 9 heteroatoms. The van der Waals surface area contributed by atoms with Gasteiger partial charge in [-0.3, -0.25) is 14.6 Å². The van der Waals surface area contributed by atoms with Crippen LogP contribution >= 0.6 is 12.2 Å². The molecule has 0 saturated carbocycles. The van der Waals surface area contributed by atoms with Gasteiger partial charge in [0, 0.05) is 56.9 Å². The lowest BCUT2D eigenvalue weighted by Gasteiger charge is -2.30. The van der Waals surface area contributed by atoms with Gasteiger partial charge in [-0.05, 0) is 61.6 Å². The summed E-state index contributed by atoms with van der Waals surface area (Å²) in [4.78, 5) is 23.0. The SMILES string of the molecule is Cc1ccc2cc(CN(CCCN3CCOCC3)C(=S)NCCCN3CCOCC3)c(=O)[nH]c2c1. The average molecular weight is 502 g/mol. The first kappa shape index (κ1) is 26.0. The normalized spacial score (nSPS) is 17.5. The summed E-state index contributed by atoms with van der Waals surface area (Å²) in [5.74, 6) is 0. The second-order valence-corrected chi connectivity index (χ2v) is 9.87. The molecule has 1 aromatic carbocycles. The number of benzene rings is 1. The van der Waals surface area contributed by atoms with E-state index < -0.39 is 0 Å². The molecule has 4 rings (SSSR count). The van der Waals surface area contributed by atoms with Crippen molar-refractivity contribution in [2.45, 2.75) is 26.3 Å². The first-order valence-corrected chi connectivity index (χ1v) is 13.2. The predicted molar refractivity (Wildman–Crippen MR) is 144 cm³/mol. The first-order valence-electron chi connectivity index (χ1n) is 12.8. The van der Waals surface area contributed by atoms with Gasteiger partial charge in [0.15, 0.2) is 5.11 Å². The van der Waals surface area contributed by atoms with Gasteiger partial charge >= 0.3 is 0 Å². The smallest absolute Gasteiger partial charge is 0.253 e. The number of aryl methyl sites for hydroxylation is 1. The highest BCUT2D eigenvalue weighted by Crippen LogP contribution is 2.14. The lowest BCUT2D eigenvalue weighted by atomic mass is 10.1. The molecular formula is C26H39N5O3S. The maximum Gasteiger partial charge on any atom is 0.253 e. The van der Waals surface area contributed by atoms with Crippen LogP contribution < -0.4 is 10.9 Å². The fourth-order valence-electron chi connectivity index (χ4n) is 4.68. The summed E-state index contributed by atoms with van der Waals surface area (Å²) in [6.07, 6.45) is 2.01. The molecule has 8 nitrogen and oxygen atoms in total. The molecule has 192 valence electrons. The molecule has 0 spiro atoms. The van der Waals surface area contributed by atoms with Crippen molar-refractivity contribution >= 4 is 28.2 Å². The van der Waals surface area contributed by atoms with Crippen LogP contribution in [-0.2, 0) is 16.0 Å². The summed E-state index contributed by atoms with van der Waals surface area (Å²) in [7, 11) is 0. The molecule has 0 radical (unpaired) electrons. The quantitative estimate of drug-likeness (QED) is 0.378. The molecule has 0 unspecified atom stereocenters. The van der Waals surface area contributed by atoms with E-state index in [-0.39, 0.29) is 5.56 Å². The third-order valence-corrected chi connectivity index (χ3v) is 7.17. The van der Waals surface area contributed by atoms with E-state index in [4.69, 9.17) is 21.7 Å². The Bertz CT molecular complexity index is 1020. The number of H-pyrrole nitrogens is 1. The number of morpholine rings is 2. The summed E-state index contributed by atoms with van der Waals surface area (Å²) in [5, 5.41) is 5.21. The molecule has 2 aliphatic rings. The highest BCUT2D eigenvalue weighted by Gasteiger charge is 2.16. The molecule has 0 amide bonds. The average Bonchev–Trinajstić information content (AvgIpc) is 2.87. The second kappa shape index (κ2) is 13.3. The first-order chi connectivity index (χ1) is 17.1. The van der Waals surface area contributed by atoms with Crippen LogP contribution in [0.15, 0.2) is 29.1 Å². The van der Waals surface area contributed by atoms with Gasteiger partial charge < -0.3 is 24.7 Å². The molecule has 2 N–H and O–H groups in total. The van der Waals surface area contributed by atoms with Crippen LogP contribution in [0.2, 0.25) is 0 Å². The van der Waals surface area contributed by atoms with Crippen LogP contribution in [-0.4, -0.2) is 104 Å². The zero-order chi connectivity index (χ0) is 24.5. The van der Waals surface area contributed by atoms with Crippen molar-refractivity contribution < 1.29 is 9.47 Å². The van der Waals surface area contributed by atoms with E-state index in [1.807, 2.05) is 19.1 Å². The lowest BCUT2D eigenvalue weighted by molar-refractivity contribution is 0.0367.